The van der Waals surface area contributed by atoms with E-state index in [-0.39, 0.29) is 35.4 Å². The molecule has 4 unspecified atom stereocenters. The monoisotopic (exact) mass is 522 g/mol. The van der Waals surface area contributed by atoms with E-state index in [0.717, 1.165) is 0 Å². The summed E-state index contributed by atoms with van der Waals surface area (Å²) in [7, 11) is 0. The Morgan fingerprint density at radius 1 is 1.31 bits per heavy atom. The van der Waals surface area contributed by atoms with Gasteiger partial charge in [0.05, 0.1) is 23.2 Å². The number of esters is 1. The molecule has 2 aliphatic heterocycles. The standard InChI is InChI=1S/C25H35ClN4O6/c1-5-35-19-13-36-20(31)12-17(19)28-23(33)18-7-6-10-30(18)24(34)21(25(2,3)4)29-22(32)14-8-9-16(27)15(26)11-14/h8-9,11,17-19,21H,5-7,10,12-13,27H2,1-4H3,(H,28,33)(H,29,32). The van der Waals surface area contributed by atoms with Gasteiger partial charge in [0.15, 0.2) is 0 Å². The van der Waals surface area contributed by atoms with E-state index in [2.05, 4.69) is 10.6 Å². The van der Waals surface area contributed by atoms with Gasteiger partial charge in [-0.25, -0.2) is 0 Å². The number of nitrogens with one attached hydrogen (secondary N) is 2. The Labute approximate surface area is 216 Å². The number of amides is 3. The molecule has 2 heterocycles. The number of hydrogen-bond donors (Lipinski definition) is 3. The Morgan fingerprint density at radius 3 is 2.67 bits per heavy atom. The van der Waals surface area contributed by atoms with Gasteiger partial charge in [0.2, 0.25) is 11.8 Å². The molecule has 198 valence electrons. The van der Waals surface area contributed by atoms with Gasteiger partial charge in [-0.15, -0.1) is 0 Å². The third-order valence-electron chi connectivity index (χ3n) is 6.44. The van der Waals surface area contributed by atoms with Gasteiger partial charge in [0.25, 0.3) is 5.91 Å². The molecule has 2 saturated heterocycles. The minimum absolute atomic E-state index is 0.00188. The molecule has 0 bridgehead atoms. The summed E-state index contributed by atoms with van der Waals surface area (Å²) < 4.78 is 10.7. The van der Waals surface area contributed by atoms with E-state index < -0.39 is 41.5 Å². The molecule has 2 aliphatic rings. The van der Waals surface area contributed by atoms with Crippen LogP contribution in [0.3, 0.4) is 0 Å². The van der Waals surface area contributed by atoms with E-state index in [1.165, 1.54) is 23.1 Å². The Bertz CT molecular complexity index is 1010. The summed E-state index contributed by atoms with van der Waals surface area (Å²) in [6.07, 6.45) is 0.675. The number of rotatable bonds is 7. The van der Waals surface area contributed by atoms with Gasteiger partial charge in [0.1, 0.15) is 24.8 Å². The molecule has 10 nitrogen and oxygen atoms in total. The third-order valence-corrected chi connectivity index (χ3v) is 6.77. The van der Waals surface area contributed by atoms with Crippen LogP contribution in [0, 0.1) is 5.41 Å². The predicted molar refractivity (Wildman–Crippen MR) is 134 cm³/mol. The second-order valence-corrected chi connectivity index (χ2v) is 10.6. The quantitative estimate of drug-likeness (QED) is 0.367. The summed E-state index contributed by atoms with van der Waals surface area (Å²) >= 11 is 6.06. The number of nitrogens with two attached hydrogens (primary N) is 1. The van der Waals surface area contributed by atoms with Crippen molar-refractivity contribution in [2.75, 3.05) is 25.5 Å². The van der Waals surface area contributed by atoms with Crippen molar-refractivity contribution in [2.45, 2.75) is 71.2 Å². The summed E-state index contributed by atoms with van der Waals surface area (Å²) in [5.74, 6) is -1.58. The van der Waals surface area contributed by atoms with Crippen molar-refractivity contribution in [3.8, 4) is 0 Å². The average molecular weight is 523 g/mol. The van der Waals surface area contributed by atoms with Gasteiger partial charge >= 0.3 is 5.97 Å². The Morgan fingerprint density at radius 2 is 2.03 bits per heavy atom. The fraction of sp³-hybridized carbons (Fsp3) is 0.600. The van der Waals surface area contributed by atoms with Crippen LogP contribution in [0.1, 0.15) is 57.3 Å². The molecule has 0 radical (unpaired) electrons. The maximum Gasteiger partial charge on any atom is 0.308 e. The highest BCUT2D eigenvalue weighted by Crippen LogP contribution is 2.27. The fourth-order valence-electron chi connectivity index (χ4n) is 4.46. The number of cyclic esters (lactones) is 1. The van der Waals surface area contributed by atoms with Crippen molar-refractivity contribution < 1.29 is 28.7 Å². The molecule has 0 saturated carbocycles. The lowest BCUT2D eigenvalue weighted by molar-refractivity contribution is -0.159. The topological polar surface area (TPSA) is 140 Å². The molecule has 1 aromatic carbocycles. The number of hydrogen-bond acceptors (Lipinski definition) is 7. The number of halogens is 1. The smallest absolute Gasteiger partial charge is 0.308 e. The lowest BCUT2D eigenvalue weighted by Gasteiger charge is -2.36. The van der Waals surface area contributed by atoms with Gasteiger partial charge in [-0.05, 0) is 43.4 Å². The highest BCUT2D eigenvalue weighted by atomic mass is 35.5. The van der Waals surface area contributed by atoms with Crippen molar-refractivity contribution in [1.82, 2.24) is 15.5 Å². The molecule has 2 fully saturated rings. The second kappa shape index (κ2) is 11.5. The predicted octanol–water partition coefficient (Wildman–Crippen LogP) is 1.89. The van der Waals surface area contributed by atoms with E-state index >= 15 is 0 Å². The molecule has 36 heavy (non-hydrogen) atoms. The summed E-state index contributed by atoms with van der Waals surface area (Å²) in [5.41, 5.74) is 5.72. The van der Waals surface area contributed by atoms with Gasteiger partial charge in [-0.2, -0.15) is 0 Å². The normalized spacial score (nSPS) is 23.1. The van der Waals surface area contributed by atoms with Crippen LogP contribution in [0.4, 0.5) is 5.69 Å². The number of nitrogens with zero attached hydrogens (tertiary/aromatic N) is 1. The van der Waals surface area contributed by atoms with E-state index in [4.69, 9.17) is 26.8 Å². The van der Waals surface area contributed by atoms with Crippen molar-refractivity contribution in [2.24, 2.45) is 5.41 Å². The first-order valence-corrected chi connectivity index (χ1v) is 12.5. The summed E-state index contributed by atoms with van der Waals surface area (Å²) in [4.78, 5) is 53.2. The van der Waals surface area contributed by atoms with Crippen LogP contribution in [0.5, 0.6) is 0 Å². The molecule has 3 amide bonds. The zero-order chi connectivity index (χ0) is 26.6. The molecule has 3 rings (SSSR count). The average Bonchev–Trinajstić information content (AvgIpc) is 3.30. The zero-order valence-corrected chi connectivity index (χ0v) is 21.9. The highest BCUT2D eigenvalue weighted by Gasteiger charge is 2.43. The van der Waals surface area contributed by atoms with Crippen LogP contribution < -0.4 is 16.4 Å². The van der Waals surface area contributed by atoms with Crippen LogP contribution in [-0.2, 0) is 23.9 Å². The van der Waals surface area contributed by atoms with Gasteiger partial charge < -0.3 is 30.7 Å². The minimum atomic E-state index is -0.893. The van der Waals surface area contributed by atoms with E-state index in [1.54, 1.807) is 0 Å². The first kappa shape index (κ1) is 27.7. The highest BCUT2D eigenvalue weighted by molar-refractivity contribution is 6.33. The first-order chi connectivity index (χ1) is 16.9. The van der Waals surface area contributed by atoms with Gasteiger partial charge in [-0.1, -0.05) is 32.4 Å². The Hall–Kier alpha value is -2.85. The molecule has 4 atom stereocenters. The molecule has 0 spiro atoms. The number of nitrogen functional groups attached to an aromatic ring is 1. The van der Waals surface area contributed by atoms with Crippen LogP contribution in [0.2, 0.25) is 5.02 Å². The second-order valence-electron chi connectivity index (χ2n) is 10.2. The van der Waals surface area contributed by atoms with Crippen molar-refractivity contribution in [3.63, 3.8) is 0 Å². The number of anilines is 1. The lowest BCUT2D eigenvalue weighted by atomic mass is 9.85. The fourth-order valence-corrected chi connectivity index (χ4v) is 4.64. The van der Waals surface area contributed by atoms with Crippen molar-refractivity contribution in [1.29, 1.82) is 0 Å². The van der Waals surface area contributed by atoms with Gasteiger partial charge in [-0.3, -0.25) is 19.2 Å². The molecule has 11 heteroatoms. The maximum atomic E-state index is 13.7. The number of benzene rings is 1. The third kappa shape index (κ3) is 6.47. The summed E-state index contributed by atoms with van der Waals surface area (Å²) in [6, 6.07) is 2.37. The minimum Gasteiger partial charge on any atom is -0.463 e. The lowest BCUT2D eigenvalue weighted by Crippen LogP contribution is -2.59. The van der Waals surface area contributed by atoms with Crippen molar-refractivity contribution >= 4 is 41.0 Å². The van der Waals surface area contributed by atoms with Crippen LogP contribution >= 0.6 is 11.6 Å². The number of likely N-dealkylation sites (tertiary alicyclic amines) is 1. The molecular weight excluding hydrogens is 488 g/mol. The molecule has 4 N–H and O–H groups in total. The molecule has 0 aliphatic carbocycles. The summed E-state index contributed by atoms with van der Waals surface area (Å²) in [6.45, 7) is 8.22. The Kier molecular flexibility index (Phi) is 8.84. The largest absolute Gasteiger partial charge is 0.463 e. The molecule has 1 aromatic rings. The molecular formula is C25H35ClN4O6. The SMILES string of the molecule is CCOC1COC(=O)CC1NC(=O)C1CCCN1C(=O)C(NC(=O)c1ccc(N)c(Cl)c1)C(C)(C)C. The number of carbonyl (C=O) groups is 4. The van der Waals surface area contributed by atoms with E-state index in [0.29, 0.717) is 31.7 Å². The number of ether oxygens (including phenoxy) is 2. The van der Waals surface area contributed by atoms with E-state index in [9.17, 15) is 19.2 Å². The van der Waals surface area contributed by atoms with Crippen molar-refractivity contribution in [3.05, 3.63) is 28.8 Å². The van der Waals surface area contributed by atoms with Crippen LogP contribution in [0.25, 0.3) is 0 Å². The maximum absolute atomic E-state index is 13.7. The number of carbonyl (C=O) groups excluding carboxylic acids is 4. The molecule has 0 aromatic heterocycles. The first-order valence-electron chi connectivity index (χ1n) is 12.2. The van der Waals surface area contributed by atoms with Crippen LogP contribution in [-0.4, -0.2) is 72.6 Å². The Balaban J connectivity index is 1.75. The summed E-state index contributed by atoms with van der Waals surface area (Å²) in [5, 5.41) is 5.96. The van der Waals surface area contributed by atoms with Crippen LogP contribution in [0.15, 0.2) is 18.2 Å². The zero-order valence-electron chi connectivity index (χ0n) is 21.1. The van der Waals surface area contributed by atoms with Gasteiger partial charge in [0, 0.05) is 18.7 Å². The van der Waals surface area contributed by atoms with E-state index in [1.807, 2.05) is 27.7 Å².